The lowest BCUT2D eigenvalue weighted by molar-refractivity contribution is -0.139. The molecular formula is C18H25ClN2O2. The molecule has 0 radical (unpaired) electrons. The molecular weight excluding hydrogens is 312 g/mol. The third-order valence-corrected chi connectivity index (χ3v) is 5.74. The lowest BCUT2D eigenvalue weighted by Gasteiger charge is -2.40. The lowest BCUT2D eigenvalue weighted by Crippen LogP contribution is -2.47. The van der Waals surface area contributed by atoms with Crippen molar-refractivity contribution in [2.45, 2.75) is 44.7 Å². The average Bonchev–Trinajstić information content (AvgIpc) is 2.98. The highest BCUT2D eigenvalue weighted by Gasteiger charge is 2.33. The lowest BCUT2D eigenvalue weighted by atomic mass is 9.99. The number of carboxylic acid groups (broad SMARTS) is 1. The van der Waals surface area contributed by atoms with Crippen LogP contribution in [-0.2, 0) is 11.2 Å². The van der Waals surface area contributed by atoms with Crippen molar-refractivity contribution in [2.24, 2.45) is 0 Å². The van der Waals surface area contributed by atoms with Crippen LogP contribution in [0.1, 0.15) is 43.4 Å². The third-order valence-electron chi connectivity index (χ3n) is 5.38. The van der Waals surface area contributed by atoms with Gasteiger partial charge in [-0.05, 0) is 49.4 Å². The molecule has 1 atom stereocenters. The normalized spacial score (nSPS) is 22.5. The van der Waals surface area contributed by atoms with Gasteiger partial charge in [-0.1, -0.05) is 30.7 Å². The summed E-state index contributed by atoms with van der Waals surface area (Å²) in [7, 11) is 0. The van der Waals surface area contributed by atoms with E-state index in [-0.39, 0.29) is 6.54 Å². The SMILES string of the molecule is CCN(CC(=O)O)C1CCN(C2CCc3c(Cl)cccc32)CC1. The molecule has 1 aromatic rings. The maximum atomic E-state index is 11.0. The zero-order valence-corrected chi connectivity index (χ0v) is 14.4. The Kier molecular flexibility index (Phi) is 5.24. The summed E-state index contributed by atoms with van der Waals surface area (Å²) in [5, 5.41) is 9.94. The number of hydrogen-bond acceptors (Lipinski definition) is 3. The van der Waals surface area contributed by atoms with Gasteiger partial charge in [-0.15, -0.1) is 0 Å². The second-order valence-electron chi connectivity index (χ2n) is 6.59. The first-order valence-corrected chi connectivity index (χ1v) is 8.95. The molecule has 0 aromatic heterocycles. The van der Waals surface area contributed by atoms with E-state index in [9.17, 15) is 4.79 Å². The number of hydrogen-bond donors (Lipinski definition) is 1. The zero-order chi connectivity index (χ0) is 16.4. The van der Waals surface area contributed by atoms with Crippen LogP contribution in [0.25, 0.3) is 0 Å². The van der Waals surface area contributed by atoms with Crippen molar-refractivity contribution >= 4 is 17.6 Å². The Morgan fingerprint density at radius 3 is 2.74 bits per heavy atom. The number of fused-ring (bicyclic) bond motifs is 1. The van der Waals surface area contributed by atoms with Crippen LogP contribution in [0.3, 0.4) is 0 Å². The zero-order valence-electron chi connectivity index (χ0n) is 13.7. The van der Waals surface area contributed by atoms with E-state index < -0.39 is 5.97 Å². The number of rotatable bonds is 5. The second-order valence-corrected chi connectivity index (χ2v) is 6.99. The van der Waals surface area contributed by atoms with Gasteiger partial charge in [0, 0.05) is 30.2 Å². The molecule has 1 unspecified atom stereocenters. The molecule has 1 saturated heterocycles. The highest BCUT2D eigenvalue weighted by molar-refractivity contribution is 6.31. The fraction of sp³-hybridized carbons (Fsp3) is 0.611. The summed E-state index contributed by atoms with van der Waals surface area (Å²) in [5.41, 5.74) is 2.72. The summed E-state index contributed by atoms with van der Waals surface area (Å²) < 4.78 is 0. The van der Waals surface area contributed by atoms with Crippen molar-refractivity contribution in [2.75, 3.05) is 26.2 Å². The molecule has 23 heavy (non-hydrogen) atoms. The minimum atomic E-state index is -0.728. The van der Waals surface area contributed by atoms with Crippen molar-refractivity contribution in [3.05, 3.63) is 34.3 Å². The first-order valence-electron chi connectivity index (χ1n) is 8.57. The fourth-order valence-corrected chi connectivity index (χ4v) is 4.48. The minimum absolute atomic E-state index is 0.156. The fourth-order valence-electron chi connectivity index (χ4n) is 4.20. The second kappa shape index (κ2) is 7.20. The standard InChI is InChI=1S/C18H25ClN2O2/c1-2-20(12-18(22)23)13-8-10-21(11-9-13)17-7-6-14-15(17)4-3-5-16(14)19/h3-5,13,17H,2,6-12H2,1H3,(H,22,23). The molecule has 0 spiro atoms. The van der Waals surface area contributed by atoms with Gasteiger partial charge in [-0.25, -0.2) is 0 Å². The molecule has 1 aliphatic heterocycles. The molecule has 0 saturated carbocycles. The van der Waals surface area contributed by atoms with Crippen LogP contribution in [0.2, 0.25) is 5.02 Å². The van der Waals surface area contributed by atoms with E-state index >= 15 is 0 Å². The number of aliphatic carboxylic acids is 1. The first kappa shape index (κ1) is 16.7. The van der Waals surface area contributed by atoms with Crippen LogP contribution in [0, 0.1) is 0 Å². The maximum absolute atomic E-state index is 11.0. The van der Waals surface area contributed by atoms with Crippen molar-refractivity contribution in [3.8, 4) is 0 Å². The molecule has 1 heterocycles. The van der Waals surface area contributed by atoms with E-state index in [1.54, 1.807) is 0 Å². The topological polar surface area (TPSA) is 43.8 Å². The van der Waals surface area contributed by atoms with Gasteiger partial charge in [0.15, 0.2) is 0 Å². The van der Waals surface area contributed by atoms with Gasteiger partial charge in [0.1, 0.15) is 0 Å². The number of carbonyl (C=O) groups is 1. The van der Waals surface area contributed by atoms with Gasteiger partial charge >= 0.3 is 5.97 Å². The van der Waals surface area contributed by atoms with E-state index in [1.807, 2.05) is 13.0 Å². The molecule has 0 amide bonds. The van der Waals surface area contributed by atoms with Gasteiger partial charge in [-0.3, -0.25) is 14.6 Å². The Hall–Kier alpha value is -1.10. The largest absolute Gasteiger partial charge is 0.480 e. The summed E-state index contributed by atoms with van der Waals surface area (Å²) in [6, 6.07) is 7.14. The quantitative estimate of drug-likeness (QED) is 0.896. The molecule has 1 N–H and O–H groups in total. The monoisotopic (exact) mass is 336 g/mol. The van der Waals surface area contributed by atoms with Crippen LogP contribution in [0.4, 0.5) is 0 Å². The Balaban J connectivity index is 1.62. The molecule has 1 aliphatic carbocycles. The smallest absolute Gasteiger partial charge is 0.317 e. The highest BCUT2D eigenvalue weighted by Crippen LogP contribution is 2.40. The Labute approximate surface area is 143 Å². The van der Waals surface area contributed by atoms with Crippen LogP contribution < -0.4 is 0 Å². The number of halogens is 1. The molecule has 0 bridgehead atoms. The van der Waals surface area contributed by atoms with E-state index in [0.717, 1.165) is 50.3 Å². The van der Waals surface area contributed by atoms with Crippen LogP contribution in [0.15, 0.2) is 18.2 Å². The molecule has 126 valence electrons. The summed E-state index contributed by atoms with van der Waals surface area (Å²) in [5.74, 6) is -0.728. The first-order chi connectivity index (χ1) is 11.1. The molecule has 5 heteroatoms. The summed E-state index contributed by atoms with van der Waals surface area (Å²) in [6.07, 6.45) is 4.32. The third kappa shape index (κ3) is 3.54. The van der Waals surface area contributed by atoms with Gasteiger partial charge in [-0.2, -0.15) is 0 Å². The minimum Gasteiger partial charge on any atom is -0.480 e. The van der Waals surface area contributed by atoms with Crippen molar-refractivity contribution in [1.29, 1.82) is 0 Å². The Morgan fingerprint density at radius 1 is 1.35 bits per heavy atom. The van der Waals surface area contributed by atoms with Crippen molar-refractivity contribution in [3.63, 3.8) is 0 Å². The Morgan fingerprint density at radius 2 is 2.09 bits per heavy atom. The highest BCUT2D eigenvalue weighted by atomic mass is 35.5. The van der Waals surface area contributed by atoms with Crippen LogP contribution in [0.5, 0.6) is 0 Å². The number of piperidine rings is 1. The van der Waals surface area contributed by atoms with Gasteiger partial charge in [0.25, 0.3) is 0 Å². The molecule has 4 nitrogen and oxygen atoms in total. The Bertz CT molecular complexity index is 570. The predicted molar refractivity (Wildman–Crippen MR) is 92.0 cm³/mol. The number of nitrogens with zero attached hydrogens (tertiary/aromatic N) is 2. The average molecular weight is 337 g/mol. The van der Waals surface area contributed by atoms with Gasteiger partial charge in [0.05, 0.1) is 6.54 Å². The summed E-state index contributed by atoms with van der Waals surface area (Å²) in [4.78, 5) is 15.6. The van der Waals surface area contributed by atoms with E-state index in [0.29, 0.717) is 12.1 Å². The summed E-state index contributed by atoms with van der Waals surface area (Å²) in [6.45, 7) is 5.08. The van der Waals surface area contributed by atoms with Gasteiger partial charge < -0.3 is 5.11 Å². The van der Waals surface area contributed by atoms with Crippen molar-refractivity contribution < 1.29 is 9.90 Å². The van der Waals surface area contributed by atoms with Crippen LogP contribution >= 0.6 is 11.6 Å². The van der Waals surface area contributed by atoms with Crippen LogP contribution in [-0.4, -0.2) is 53.1 Å². The number of carboxylic acids is 1. The molecule has 3 rings (SSSR count). The number of likely N-dealkylation sites (tertiary alicyclic amines) is 1. The molecule has 1 aromatic carbocycles. The van der Waals surface area contributed by atoms with Crippen molar-refractivity contribution in [1.82, 2.24) is 9.80 Å². The molecule has 2 aliphatic rings. The van der Waals surface area contributed by atoms with Gasteiger partial charge in [0.2, 0.25) is 0 Å². The maximum Gasteiger partial charge on any atom is 0.317 e. The van der Waals surface area contributed by atoms with E-state index in [4.69, 9.17) is 16.7 Å². The van der Waals surface area contributed by atoms with E-state index in [1.165, 1.54) is 11.1 Å². The van der Waals surface area contributed by atoms with E-state index in [2.05, 4.69) is 21.9 Å². The summed E-state index contributed by atoms with van der Waals surface area (Å²) >= 11 is 6.33. The predicted octanol–water partition coefficient (Wildman–Crippen LogP) is 3.20. The molecule has 1 fully saturated rings. The number of benzene rings is 1. The number of likely N-dealkylation sites (N-methyl/N-ethyl adjacent to an activating group) is 1.